The fourth-order valence-corrected chi connectivity index (χ4v) is 4.92. The number of fused-ring (bicyclic) bond motifs is 1. The average Bonchev–Trinajstić information content (AvgIpc) is 3.32. The van der Waals surface area contributed by atoms with Crippen molar-refractivity contribution in [1.29, 1.82) is 0 Å². The molecule has 3 heterocycles. The molecule has 2 aliphatic heterocycles. The Morgan fingerprint density at radius 1 is 1.05 bits per heavy atom. The molecule has 0 saturated carbocycles. The van der Waals surface area contributed by atoms with Crippen molar-refractivity contribution in [2.75, 3.05) is 25.1 Å². The molecule has 1 aromatic heterocycles. The molecule has 0 spiro atoms. The lowest BCUT2D eigenvalue weighted by Crippen LogP contribution is -2.52. The van der Waals surface area contributed by atoms with Gasteiger partial charge in [0.2, 0.25) is 0 Å². The van der Waals surface area contributed by atoms with E-state index >= 15 is 0 Å². The maximum Gasteiger partial charge on any atom is 0.414 e. The standard InChI is InChI=1S/C29H33FN4O5/c1-18-6-11-24-25(34(18)28(36)37-5)13-12-23(26(24)38-22-9-7-20(30)8-10-22)19-14-31-33(15-19)21-16-32(17-21)27(35)39-29(2,3)4/h7-10,12-15,18,21H,6,11,16-17H2,1-5H3. The number of methoxy groups -OCH3 is 1. The zero-order chi connectivity index (χ0) is 27.9. The van der Waals surface area contributed by atoms with Crippen LogP contribution in [-0.2, 0) is 15.9 Å². The summed E-state index contributed by atoms with van der Waals surface area (Å²) in [5.41, 5.74) is 2.67. The number of benzene rings is 2. The Morgan fingerprint density at radius 2 is 1.77 bits per heavy atom. The summed E-state index contributed by atoms with van der Waals surface area (Å²) in [5, 5.41) is 4.57. The molecule has 2 amide bonds. The van der Waals surface area contributed by atoms with Gasteiger partial charge in [-0.15, -0.1) is 0 Å². The van der Waals surface area contributed by atoms with Crippen LogP contribution in [0.5, 0.6) is 11.5 Å². The Bertz CT molecular complexity index is 1380. The Morgan fingerprint density at radius 3 is 2.44 bits per heavy atom. The van der Waals surface area contributed by atoms with E-state index in [9.17, 15) is 14.0 Å². The molecule has 3 aromatic rings. The first-order chi connectivity index (χ1) is 18.5. The quantitative estimate of drug-likeness (QED) is 0.396. The minimum atomic E-state index is -0.546. The number of ether oxygens (including phenoxy) is 3. The van der Waals surface area contributed by atoms with Gasteiger partial charge in [-0.2, -0.15) is 5.10 Å². The van der Waals surface area contributed by atoms with Gasteiger partial charge in [0.25, 0.3) is 0 Å². The fourth-order valence-electron chi connectivity index (χ4n) is 4.92. The third kappa shape index (κ3) is 5.41. The van der Waals surface area contributed by atoms with Crippen LogP contribution in [0.2, 0.25) is 0 Å². The Labute approximate surface area is 227 Å². The van der Waals surface area contributed by atoms with Gasteiger partial charge in [0.1, 0.15) is 22.9 Å². The van der Waals surface area contributed by atoms with Gasteiger partial charge >= 0.3 is 12.2 Å². The van der Waals surface area contributed by atoms with Gasteiger partial charge in [0.15, 0.2) is 0 Å². The summed E-state index contributed by atoms with van der Waals surface area (Å²) in [6.07, 6.45) is 4.35. The van der Waals surface area contributed by atoms with Crippen molar-refractivity contribution in [1.82, 2.24) is 14.7 Å². The number of hydrogen-bond donors (Lipinski definition) is 0. The van der Waals surface area contributed by atoms with Gasteiger partial charge in [-0.25, -0.2) is 14.0 Å². The number of aromatic nitrogens is 2. The second-order valence-corrected chi connectivity index (χ2v) is 11.0. The molecule has 9 nitrogen and oxygen atoms in total. The highest BCUT2D eigenvalue weighted by atomic mass is 19.1. The van der Waals surface area contributed by atoms with Crippen molar-refractivity contribution in [3.05, 3.63) is 60.2 Å². The Balaban J connectivity index is 1.46. The second kappa shape index (κ2) is 10.2. The Hall–Kier alpha value is -4.08. The molecule has 1 saturated heterocycles. The number of carbonyl (C=O) groups is 2. The van der Waals surface area contributed by atoms with Crippen LogP contribution >= 0.6 is 0 Å². The van der Waals surface area contributed by atoms with Crippen LogP contribution in [-0.4, -0.2) is 58.7 Å². The summed E-state index contributed by atoms with van der Waals surface area (Å²) in [5.74, 6) is 0.711. The number of rotatable bonds is 4. The van der Waals surface area contributed by atoms with E-state index in [0.29, 0.717) is 31.0 Å². The van der Waals surface area contributed by atoms with Crippen molar-refractivity contribution in [3.63, 3.8) is 0 Å². The van der Waals surface area contributed by atoms with E-state index in [1.54, 1.807) is 28.1 Å². The first kappa shape index (κ1) is 26.5. The summed E-state index contributed by atoms with van der Waals surface area (Å²) in [7, 11) is 1.37. The minimum absolute atomic E-state index is 0.0287. The highest BCUT2D eigenvalue weighted by molar-refractivity contribution is 5.92. The topological polar surface area (TPSA) is 86.1 Å². The monoisotopic (exact) mass is 536 g/mol. The normalized spacial score (nSPS) is 17.3. The first-order valence-corrected chi connectivity index (χ1v) is 13.0. The molecule has 5 rings (SSSR count). The smallest absolute Gasteiger partial charge is 0.414 e. The van der Waals surface area contributed by atoms with Gasteiger partial charge < -0.3 is 19.1 Å². The molecule has 1 fully saturated rings. The van der Waals surface area contributed by atoms with Crippen LogP contribution in [0.15, 0.2) is 48.8 Å². The molecule has 206 valence electrons. The lowest BCUT2D eigenvalue weighted by molar-refractivity contribution is -0.000387. The summed E-state index contributed by atoms with van der Waals surface area (Å²) in [6, 6.07) is 9.64. The summed E-state index contributed by atoms with van der Waals surface area (Å²) >= 11 is 0. The molecule has 2 aromatic carbocycles. The number of hydrogen-bond acceptors (Lipinski definition) is 6. The summed E-state index contributed by atoms with van der Waals surface area (Å²) < 4.78 is 32.3. The molecule has 0 N–H and O–H groups in total. The Kier molecular flexibility index (Phi) is 6.96. The van der Waals surface area contributed by atoms with Crippen LogP contribution in [0.4, 0.5) is 19.7 Å². The number of likely N-dealkylation sites (tertiary alicyclic amines) is 1. The number of carbonyl (C=O) groups excluding carboxylic acids is 2. The van der Waals surface area contributed by atoms with E-state index < -0.39 is 11.7 Å². The lowest BCUT2D eigenvalue weighted by atomic mass is 9.92. The number of halogens is 1. The molecule has 2 aliphatic rings. The maximum atomic E-state index is 13.6. The molecule has 0 aliphatic carbocycles. The van der Waals surface area contributed by atoms with E-state index in [-0.39, 0.29) is 24.0 Å². The van der Waals surface area contributed by atoms with Crippen LogP contribution < -0.4 is 9.64 Å². The number of anilines is 1. The maximum absolute atomic E-state index is 13.6. The fraction of sp³-hybridized carbons (Fsp3) is 0.414. The first-order valence-electron chi connectivity index (χ1n) is 13.0. The largest absolute Gasteiger partial charge is 0.456 e. The molecule has 0 radical (unpaired) electrons. The van der Waals surface area contributed by atoms with E-state index in [1.807, 2.05) is 50.7 Å². The van der Waals surface area contributed by atoms with E-state index in [0.717, 1.165) is 28.8 Å². The van der Waals surface area contributed by atoms with Crippen molar-refractivity contribution in [2.24, 2.45) is 0 Å². The van der Waals surface area contributed by atoms with Crippen molar-refractivity contribution < 1.29 is 28.2 Å². The van der Waals surface area contributed by atoms with E-state index in [2.05, 4.69) is 5.10 Å². The molecule has 0 bridgehead atoms. The summed E-state index contributed by atoms with van der Waals surface area (Å²) in [4.78, 5) is 28.3. The van der Waals surface area contributed by atoms with Crippen LogP contribution in [0.25, 0.3) is 11.1 Å². The molecule has 10 heteroatoms. The highest BCUT2D eigenvalue weighted by Gasteiger charge is 2.36. The van der Waals surface area contributed by atoms with Crippen molar-refractivity contribution >= 4 is 17.9 Å². The highest BCUT2D eigenvalue weighted by Crippen LogP contribution is 2.45. The van der Waals surface area contributed by atoms with E-state index in [4.69, 9.17) is 14.2 Å². The zero-order valence-corrected chi connectivity index (χ0v) is 22.8. The molecule has 39 heavy (non-hydrogen) atoms. The van der Waals surface area contributed by atoms with Gasteiger partial charge in [-0.1, -0.05) is 0 Å². The number of amides is 2. The molecule has 1 unspecified atom stereocenters. The third-order valence-electron chi connectivity index (χ3n) is 6.95. The zero-order valence-electron chi connectivity index (χ0n) is 22.8. The van der Waals surface area contributed by atoms with Gasteiger partial charge in [-0.05, 0) is 76.9 Å². The van der Waals surface area contributed by atoms with Gasteiger partial charge in [0.05, 0.1) is 25.0 Å². The number of nitrogens with zero attached hydrogens (tertiary/aromatic N) is 4. The molecular weight excluding hydrogens is 503 g/mol. The van der Waals surface area contributed by atoms with Crippen LogP contribution in [0.1, 0.15) is 45.7 Å². The molecular formula is C29H33FN4O5. The lowest BCUT2D eigenvalue weighted by Gasteiger charge is -2.39. The van der Waals surface area contributed by atoms with E-state index in [1.165, 1.54) is 19.2 Å². The predicted octanol–water partition coefficient (Wildman–Crippen LogP) is 6.18. The second-order valence-electron chi connectivity index (χ2n) is 11.0. The van der Waals surface area contributed by atoms with Gasteiger partial charge in [-0.3, -0.25) is 9.58 Å². The summed E-state index contributed by atoms with van der Waals surface area (Å²) in [6.45, 7) is 8.53. The predicted molar refractivity (Wildman–Crippen MR) is 144 cm³/mol. The SMILES string of the molecule is COC(=O)N1c2ccc(-c3cnn(C4CN(C(=O)OC(C)(C)C)C4)c3)c(Oc3ccc(F)cc3)c2CCC1C. The van der Waals surface area contributed by atoms with Crippen LogP contribution in [0, 0.1) is 5.82 Å². The minimum Gasteiger partial charge on any atom is -0.456 e. The molecule has 1 atom stereocenters. The van der Waals surface area contributed by atoms with Crippen LogP contribution in [0.3, 0.4) is 0 Å². The van der Waals surface area contributed by atoms with Crippen molar-refractivity contribution in [2.45, 2.75) is 58.2 Å². The van der Waals surface area contributed by atoms with Crippen molar-refractivity contribution in [3.8, 4) is 22.6 Å². The average molecular weight is 537 g/mol. The third-order valence-corrected chi connectivity index (χ3v) is 6.95. The van der Waals surface area contributed by atoms with Gasteiger partial charge in [0, 0.05) is 42.0 Å².